The van der Waals surface area contributed by atoms with Crippen molar-refractivity contribution in [1.29, 1.82) is 0 Å². The maximum atomic E-state index is 5.44. The van der Waals surface area contributed by atoms with Crippen molar-refractivity contribution in [2.24, 2.45) is 0 Å². The molecule has 20 heavy (non-hydrogen) atoms. The van der Waals surface area contributed by atoms with E-state index >= 15 is 0 Å². The Morgan fingerprint density at radius 1 is 1.05 bits per heavy atom. The summed E-state index contributed by atoms with van der Waals surface area (Å²) in [5.41, 5.74) is 1.92. The van der Waals surface area contributed by atoms with Gasteiger partial charge in [-0.3, -0.25) is 0 Å². The maximum absolute atomic E-state index is 5.44. The van der Waals surface area contributed by atoms with Crippen molar-refractivity contribution < 1.29 is 9.47 Å². The lowest BCUT2D eigenvalue weighted by Gasteiger charge is -2.20. The zero-order chi connectivity index (χ0) is 14.5. The fourth-order valence-corrected chi connectivity index (χ4v) is 2.12. The highest BCUT2D eigenvalue weighted by Crippen LogP contribution is 2.35. The standard InChI is InChI=1S/C15H19N3O2/c1-10-8-17-15(18-9-10)14(16-2)13-11(19-3)6-5-7-12(13)20-4/h5-9,14,16H,1-4H3. The fraction of sp³-hybridized carbons (Fsp3) is 0.333. The van der Waals surface area contributed by atoms with E-state index in [9.17, 15) is 0 Å². The Balaban J connectivity index is 2.53. The summed E-state index contributed by atoms with van der Waals surface area (Å²) in [6.07, 6.45) is 3.60. The molecule has 0 bridgehead atoms. The maximum Gasteiger partial charge on any atom is 0.149 e. The number of nitrogens with one attached hydrogen (secondary N) is 1. The van der Waals surface area contributed by atoms with E-state index in [0.717, 1.165) is 22.6 Å². The monoisotopic (exact) mass is 273 g/mol. The molecule has 0 radical (unpaired) electrons. The van der Waals surface area contributed by atoms with Crippen LogP contribution in [0.15, 0.2) is 30.6 Å². The first-order valence-corrected chi connectivity index (χ1v) is 6.38. The summed E-state index contributed by atoms with van der Waals surface area (Å²) in [7, 11) is 5.14. The first kappa shape index (κ1) is 14.3. The van der Waals surface area contributed by atoms with Crippen LogP contribution >= 0.6 is 0 Å². The van der Waals surface area contributed by atoms with Crippen molar-refractivity contribution in [3.8, 4) is 11.5 Å². The Morgan fingerprint density at radius 2 is 1.60 bits per heavy atom. The highest BCUT2D eigenvalue weighted by Gasteiger charge is 2.23. The molecule has 1 unspecified atom stereocenters. The van der Waals surface area contributed by atoms with Crippen LogP contribution in [0, 0.1) is 6.92 Å². The molecule has 1 N–H and O–H groups in total. The third-order valence-corrected chi connectivity index (χ3v) is 3.10. The first-order chi connectivity index (χ1) is 9.71. The summed E-state index contributed by atoms with van der Waals surface area (Å²) in [6.45, 7) is 1.96. The summed E-state index contributed by atoms with van der Waals surface area (Å²) >= 11 is 0. The van der Waals surface area contributed by atoms with E-state index in [0.29, 0.717) is 5.82 Å². The van der Waals surface area contributed by atoms with Crippen molar-refractivity contribution in [1.82, 2.24) is 15.3 Å². The molecule has 5 heteroatoms. The molecular formula is C15H19N3O2. The van der Waals surface area contributed by atoms with Crippen molar-refractivity contribution >= 4 is 0 Å². The van der Waals surface area contributed by atoms with Crippen LogP contribution in [0.4, 0.5) is 0 Å². The van der Waals surface area contributed by atoms with Gasteiger partial charge in [0.05, 0.1) is 19.8 Å². The Morgan fingerprint density at radius 3 is 2.05 bits per heavy atom. The number of hydrogen-bond donors (Lipinski definition) is 1. The topological polar surface area (TPSA) is 56.3 Å². The van der Waals surface area contributed by atoms with Crippen LogP contribution in [-0.2, 0) is 0 Å². The third kappa shape index (κ3) is 2.72. The minimum absolute atomic E-state index is 0.193. The molecule has 0 spiro atoms. The summed E-state index contributed by atoms with van der Waals surface area (Å²) in [4.78, 5) is 8.78. The Kier molecular flexibility index (Phi) is 4.53. The Hall–Kier alpha value is -2.14. The molecule has 5 nitrogen and oxygen atoms in total. The van der Waals surface area contributed by atoms with Gasteiger partial charge in [0, 0.05) is 12.4 Å². The van der Waals surface area contributed by atoms with E-state index in [1.54, 1.807) is 26.6 Å². The van der Waals surface area contributed by atoms with Gasteiger partial charge in [-0.15, -0.1) is 0 Å². The average Bonchev–Trinajstić information content (AvgIpc) is 2.49. The number of aryl methyl sites for hydroxylation is 1. The number of ether oxygens (including phenoxy) is 2. The molecular weight excluding hydrogens is 254 g/mol. The average molecular weight is 273 g/mol. The molecule has 2 rings (SSSR count). The number of hydrogen-bond acceptors (Lipinski definition) is 5. The number of aromatic nitrogens is 2. The minimum atomic E-state index is -0.193. The van der Waals surface area contributed by atoms with Crippen LogP contribution in [0.5, 0.6) is 11.5 Å². The third-order valence-electron chi connectivity index (χ3n) is 3.10. The van der Waals surface area contributed by atoms with Gasteiger partial charge in [-0.25, -0.2) is 9.97 Å². The first-order valence-electron chi connectivity index (χ1n) is 6.38. The Bertz CT molecular complexity index is 548. The predicted molar refractivity (Wildman–Crippen MR) is 77.2 cm³/mol. The molecule has 0 fully saturated rings. The number of rotatable bonds is 5. The van der Waals surface area contributed by atoms with E-state index in [-0.39, 0.29) is 6.04 Å². The molecule has 0 aliphatic carbocycles. The van der Waals surface area contributed by atoms with E-state index in [1.807, 2.05) is 32.2 Å². The molecule has 1 heterocycles. The lowest BCUT2D eigenvalue weighted by Crippen LogP contribution is -2.21. The quantitative estimate of drug-likeness (QED) is 0.904. The summed E-state index contributed by atoms with van der Waals surface area (Å²) in [5, 5.41) is 3.22. The van der Waals surface area contributed by atoms with Crippen LogP contribution in [0.3, 0.4) is 0 Å². The lowest BCUT2D eigenvalue weighted by molar-refractivity contribution is 0.377. The van der Waals surface area contributed by atoms with Gasteiger partial charge < -0.3 is 14.8 Å². The van der Waals surface area contributed by atoms with Gasteiger partial charge in [-0.1, -0.05) is 6.07 Å². The number of benzene rings is 1. The molecule has 0 amide bonds. The summed E-state index contributed by atoms with van der Waals surface area (Å²) in [5.74, 6) is 2.17. The van der Waals surface area contributed by atoms with Crippen molar-refractivity contribution in [2.75, 3.05) is 21.3 Å². The molecule has 1 aromatic carbocycles. The molecule has 2 aromatic rings. The van der Waals surface area contributed by atoms with Gasteiger partial charge in [0.25, 0.3) is 0 Å². The summed E-state index contributed by atoms with van der Waals surface area (Å²) in [6, 6.07) is 5.50. The van der Waals surface area contributed by atoms with Crippen LogP contribution in [-0.4, -0.2) is 31.2 Å². The fourth-order valence-electron chi connectivity index (χ4n) is 2.12. The predicted octanol–water partition coefficient (Wildman–Crippen LogP) is 2.11. The molecule has 1 atom stereocenters. The van der Waals surface area contributed by atoms with E-state index in [1.165, 1.54) is 0 Å². The van der Waals surface area contributed by atoms with Gasteiger partial charge in [0.15, 0.2) is 0 Å². The van der Waals surface area contributed by atoms with E-state index in [4.69, 9.17) is 9.47 Å². The number of nitrogens with zero attached hydrogens (tertiary/aromatic N) is 2. The molecule has 106 valence electrons. The van der Waals surface area contributed by atoms with Crippen LogP contribution in [0.1, 0.15) is 23.0 Å². The second-order valence-electron chi connectivity index (χ2n) is 4.42. The van der Waals surface area contributed by atoms with Crippen LogP contribution < -0.4 is 14.8 Å². The lowest BCUT2D eigenvalue weighted by atomic mass is 10.0. The molecule has 0 aliphatic rings. The van der Waals surface area contributed by atoms with Crippen molar-refractivity contribution in [2.45, 2.75) is 13.0 Å². The SMILES string of the molecule is CNC(c1ncc(C)cn1)c1c(OC)cccc1OC. The zero-order valence-electron chi connectivity index (χ0n) is 12.2. The van der Waals surface area contributed by atoms with Gasteiger partial charge in [-0.2, -0.15) is 0 Å². The zero-order valence-corrected chi connectivity index (χ0v) is 12.2. The second-order valence-corrected chi connectivity index (χ2v) is 4.42. The molecule has 1 aromatic heterocycles. The van der Waals surface area contributed by atoms with Gasteiger partial charge in [0.2, 0.25) is 0 Å². The van der Waals surface area contributed by atoms with E-state index < -0.39 is 0 Å². The molecule has 0 saturated heterocycles. The minimum Gasteiger partial charge on any atom is -0.496 e. The highest BCUT2D eigenvalue weighted by atomic mass is 16.5. The largest absolute Gasteiger partial charge is 0.496 e. The highest BCUT2D eigenvalue weighted by molar-refractivity contribution is 5.49. The van der Waals surface area contributed by atoms with E-state index in [2.05, 4.69) is 15.3 Å². The molecule has 0 aliphatic heterocycles. The van der Waals surface area contributed by atoms with Crippen molar-refractivity contribution in [3.05, 3.63) is 47.5 Å². The van der Waals surface area contributed by atoms with Crippen LogP contribution in [0.25, 0.3) is 0 Å². The number of methoxy groups -OCH3 is 2. The van der Waals surface area contributed by atoms with Gasteiger partial charge >= 0.3 is 0 Å². The summed E-state index contributed by atoms with van der Waals surface area (Å²) < 4.78 is 10.9. The van der Waals surface area contributed by atoms with Crippen molar-refractivity contribution in [3.63, 3.8) is 0 Å². The Labute approximate surface area is 119 Å². The van der Waals surface area contributed by atoms with Gasteiger partial charge in [0.1, 0.15) is 23.4 Å². The molecule has 0 saturated carbocycles. The normalized spacial score (nSPS) is 12.0. The second kappa shape index (κ2) is 6.34. The smallest absolute Gasteiger partial charge is 0.149 e. The van der Waals surface area contributed by atoms with Crippen LogP contribution in [0.2, 0.25) is 0 Å². The van der Waals surface area contributed by atoms with Gasteiger partial charge in [-0.05, 0) is 31.7 Å².